The number of ether oxygens (including phenoxy) is 2. The summed E-state index contributed by atoms with van der Waals surface area (Å²) in [4.78, 5) is 13.8. The average Bonchev–Trinajstić information content (AvgIpc) is 3.17. The summed E-state index contributed by atoms with van der Waals surface area (Å²) in [7, 11) is 7.50. The fraction of sp³-hybridized carbons (Fsp3) is 0.400. The van der Waals surface area contributed by atoms with Crippen molar-refractivity contribution in [3.8, 4) is 11.5 Å². The van der Waals surface area contributed by atoms with Gasteiger partial charge in [0.25, 0.3) is 0 Å². The lowest BCUT2D eigenvalue weighted by atomic mass is 10.1. The molecular weight excluding hydrogens is 342 g/mol. The minimum atomic E-state index is 0.500. The van der Waals surface area contributed by atoms with Crippen LogP contribution in [0.3, 0.4) is 0 Å². The second-order valence-corrected chi connectivity index (χ2v) is 7.16. The highest BCUT2D eigenvalue weighted by atomic mass is 16.5. The number of pyridine rings is 2. The molecule has 2 N–H and O–H groups in total. The maximum absolute atomic E-state index is 6.29. The van der Waals surface area contributed by atoms with Gasteiger partial charge in [0.1, 0.15) is 11.6 Å². The third kappa shape index (κ3) is 2.98. The van der Waals surface area contributed by atoms with Gasteiger partial charge in [0.15, 0.2) is 11.5 Å². The maximum atomic E-state index is 6.29. The molecule has 0 saturated carbocycles. The monoisotopic (exact) mass is 367 g/mol. The molecule has 3 aromatic rings. The minimum Gasteiger partial charge on any atom is -0.493 e. The van der Waals surface area contributed by atoms with Crippen LogP contribution in [0.5, 0.6) is 11.5 Å². The van der Waals surface area contributed by atoms with Gasteiger partial charge in [-0.25, -0.2) is 4.98 Å². The topological polar surface area (TPSA) is 76.7 Å². The Hall–Kier alpha value is -2.80. The van der Waals surface area contributed by atoms with Crippen molar-refractivity contribution >= 4 is 33.3 Å². The van der Waals surface area contributed by atoms with E-state index in [9.17, 15) is 0 Å². The Balaban J connectivity index is 1.88. The average molecular weight is 367 g/mol. The highest BCUT2D eigenvalue weighted by Gasteiger charge is 2.25. The van der Waals surface area contributed by atoms with Gasteiger partial charge in [0, 0.05) is 47.6 Å². The first-order valence-electron chi connectivity index (χ1n) is 9.04. The number of methoxy groups -OCH3 is 2. The van der Waals surface area contributed by atoms with Gasteiger partial charge in [-0.2, -0.15) is 0 Å². The van der Waals surface area contributed by atoms with Crippen LogP contribution in [0, 0.1) is 0 Å². The number of benzene rings is 1. The summed E-state index contributed by atoms with van der Waals surface area (Å²) in [5.74, 6) is 2.74. The van der Waals surface area contributed by atoms with Crippen LogP contribution in [-0.2, 0) is 0 Å². The van der Waals surface area contributed by atoms with Gasteiger partial charge in [0.05, 0.1) is 19.7 Å². The zero-order chi connectivity index (χ0) is 19.1. The van der Waals surface area contributed by atoms with E-state index in [1.807, 2.05) is 12.1 Å². The molecule has 0 bridgehead atoms. The highest BCUT2D eigenvalue weighted by Crippen LogP contribution is 2.37. The summed E-state index contributed by atoms with van der Waals surface area (Å²) in [6.45, 7) is 1.92. The molecule has 1 saturated heterocycles. The first kappa shape index (κ1) is 17.6. The van der Waals surface area contributed by atoms with Crippen LogP contribution in [0.25, 0.3) is 21.7 Å². The molecule has 3 heterocycles. The van der Waals surface area contributed by atoms with Gasteiger partial charge < -0.3 is 25.0 Å². The van der Waals surface area contributed by atoms with Crippen LogP contribution in [0.2, 0.25) is 0 Å². The third-order valence-corrected chi connectivity index (χ3v) is 5.42. The van der Waals surface area contributed by atoms with Gasteiger partial charge in [-0.1, -0.05) is 0 Å². The van der Waals surface area contributed by atoms with Crippen LogP contribution >= 0.6 is 0 Å². The smallest absolute Gasteiger partial charge is 0.162 e. The number of nitrogen functional groups attached to an aromatic ring is 1. The Morgan fingerprint density at radius 2 is 1.81 bits per heavy atom. The Morgan fingerprint density at radius 3 is 2.48 bits per heavy atom. The van der Waals surface area contributed by atoms with Crippen molar-refractivity contribution in [3.05, 3.63) is 24.4 Å². The Labute approximate surface area is 158 Å². The van der Waals surface area contributed by atoms with Crippen molar-refractivity contribution in [3.63, 3.8) is 0 Å². The number of likely N-dealkylation sites (N-methyl/N-ethyl adjacent to an activating group) is 1. The fourth-order valence-corrected chi connectivity index (χ4v) is 3.78. The van der Waals surface area contributed by atoms with Crippen molar-refractivity contribution in [1.82, 2.24) is 14.9 Å². The van der Waals surface area contributed by atoms with E-state index in [-0.39, 0.29) is 0 Å². The second-order valence-electron chi connectivity index (χ2n) is 7.16. The predicted octanol–water partition coefficient (Wildman–Crippen LogP) is 2.52. The largest absolute Gasteiger partial charge is 0.493 e. The third-order valence-electron chi connectivity index (χ3n) is 5.42. The van der Waals surface area contributed by atoms with Crippen LogP contribution in [0.1, 0.15) is 6.42 Å². The Morgan fingerprint density at radius 1 is 1.07 bits per heavy atom. The van der Waals surface area contributed by atoms with E-state index in [1.54, 1.807) is 20.4 Å². The number of hydrogen-bond acceptors (Lipinski definition) is 7. The molecule has 0 radical (unpaired) electrons. The van der Waals surface area contributed by atoms with E-state index >= 15 is 0 Å². The molecular formula is C20H25N5O2. The van der Waals surface area contributed by atoms with E-state index in [2.05, 4.69) is 39.9 Å². The molecule has 1 aliphatic rings. The normalized spacial score (nSPS) is 17.2. The molecule has 7 heteroatoms. The molecule has 1 aromatic carbocycles. The van der Waals surface area contributed by atoms with Crippen molar-refractivity contribution in [2.24, 2.45) is 0 Å². The summed E-state index contributed by atoms with van der Waals surface area (Å²) >= 11 is 0. The Kier molecular flexibility index (Phi) is 4.39. The number of anilines is 2. The quantitative estimate of drug-likeness (QED) is 0.710. The maximum Gasteiger partial charge on any atom is 0.162 e. The Bertz CT molecular complexity index is 1000. The van der Waals surface area contributed by atoms with Crippen LogP contribution < -0.4 is 20.1 Å². The fourth-order valence-electron chi connectivity index (χ4n) is 3.78. The lowest BCUT2D eigenvalue weighted by Gasteiger charge is -2.22. The molecule has 0 unspecified atom stereocenters. The number of hydrogen-bond donors (Lipinski definition) is 1. The van der Waals surface area contributed by atoms with E-state index in [1.165, 1.54) is 0 Å². The molecule has 0 spiro atoms. The molecule has 7 nitrogen and oxygen atoms in total. The molecule has 27 heavy (non-hydrogen) atoms. The predicted molar refractivity (Wildman–Crippen MR) is 109 cm³/mol. The van der Waals surface area contributed by atoms with Crippen LogP contribution in [-0.4, -0.2) is 62.3 Å². The standard InChI is InChI=1S/C20H25N5O2/c1-24(2)12-5-6-25(11-12)19-8-13-14-7-17(26-3)18(27-4)9-16(14)22-10-15(13)20(21)23-19/h7-10,12H,5-6,11H2,1-4H3,(H2,21,23)/t12-/m1/s1. The molecule has 4 rings (SSSR count). The van der Waals surface area contributed by atoms with Gasteiger partial charge in [-0.15, -0.1) is 0 Å². The second kappa shape index (κ2) is 6.74. The van der Waals surface area contributed by atoms with Gasteiger partial charge in [0.2, 0.25) is 0 Å². The summed E-state index contributed by atoms with van der Waals surface area (Å²) in [5.41, 5.74) is 7.13. The first-order valence-corrected chi connectivity index (χ1v) is 9.04. The van der Waals surface area contributed by atoms with Crippen molar-refractivity contribution in [2.45, 2.75) is 12.5 Å². The van der Waals surface area contributed by atoms with Crippen LogP contribution in [0.4, 0.5) is 11.6 Å². The summed E-state index contributed by atoms with van der Waals surface area (Å²) < 4.78 is 10.9. The first-order chi connectivity index (χ1) is 13.0. The molecule has 1 atom stereocenters. The lowest BCUT2D eigenvalue weighted by molar-refractivity contribution is 0.315. The van der Waals surface area contributed by atoms with E-state index in [0.717, 1.165) is 47.0 Å². The highest BCUT2D eigenvalue weighted by molar-refractivity contribution is 6.10. The number of nitrogens with zero attached hydrogens (tertiary/aromatic N) is 4. The molecule has 142 valence electrons. The zero-order valence-electron chi connectivity index (χ0n) is 16.2. The van der Waals surface area contributed by atoms with Crippen LogP contribution in [0.15, 0.2) is 24.4 Å². The molecule has 0 aliphatic carbocycles. The SMILES string of the molecule is COc1cc2ncc3c(N)nc(N4CC[C@@H](N(C)C)C4)cc3c2cc1OC. The molecule has 2 aromatic heterocycles. The molecule has 1 fully saturated rings. The zero-order valence-corrected chi connectivity index (χ0v) is 16.2. The summed E-state index contributed by atoms with van der Waals surface area (Å²) in [6.07, 6.45) is 2.90. The van der Waals surface area contributed by atoms with E-state index in [0.29, 0.717) is 23.4 Å². The number of nitrogens with two attached hydrogens (primary N) is 1. The van der Waals surface area contributed by atoms with Gasteiger partial charge in [-0.05, 0) is 32.6 Å². The van der Waals surface area contributed by atoms with Crippen molar-refractivity contribution in [2.75, 3.05) is 52.0 Å². The van der Waals surface area contributed by atoms with E-state index in [4.69, 9.17) is 15.2 Å². The lowest BCUT2D eigenvalue weighted by Crippen LogP contribution is -2.31. The molecule has 0 amide bonds. The number of aromatic nitrogens is 2. The van der Waals surface area contributed by atoms with E-state index < -0.39 is 0 Å². The number of fused-ring (bicyclic) bond motifs is 3. The number of rotatable bonds is 4. The molecule has 1 aliphatic heterocycles. The minimum absolute atomic E-state index is 0.500. The summed E-state index contributed by atoms with van der Waals surface area (Å²) in [6, 6.07) is 6.49. The van der Waals surface area contributed by atoms with Gasteiger partial charge in [-0.3, -0.25) is 4.98 Å². The van der Waals surface area contributed by atoms with Crippen molar-refractivity contribution in [1.29, 1.82) is 0 Å². The van der Waals surface area contributed by atoms with Gasteiger partial charge >= 0.3 is 0 Å². The summed E-state index contributed by atoms with van der Waals surface area (Å²) in [5, 5.41) is 2.85. The van der Waals surface area contributed by atoms with Crippen molar-refractivity contribution < 1.29 is 9.47 Å².